The molecule has 0 aliphatic heterocycles. The second-order valence-electron chi connectivity index (χ2n) is 1.78. The molecule has 0 saturated carbocycles. The Bertz CT molecular complexity index is 267. The summed E-state index contributed by atoms with van der Waals surface area (Å²) in [5.41, 5.74) is 0. The number of hydrogen-bond acceptors (Lipinski definition) is 1. The average molecular weight is 199 g/mol. The minimum atomic E-state index is 0.669. The molecule has 2 nitrogen and oxygen atoms in total. The first-order valence-corrected chi connectivity index (χ1v) is 3.70. The van der Waals surface area contributed by atoms with E-state index < -0.39 is 0 Å². The number of hydrogen-bond donors (Lipinski definition) is 0. The fourth-order valence-corrected chi connectivity index (χ4v) is 0.913. The van der Waals surface area contributed by atoms with Crippen molar-refractivity contribution >= 4 is 15.9 Å². The van der Waals surface area contributed by atoms with Crippen LogP contribution in [0.2, 0.25) is 0 Å². The highest BCUT2D eigenvalue weighted by Crippen LogP contribution is 2.05. The number of halogens is 1. The highest BCUT2D eigenvalue weighted by molar-refractivity contribution is 9.10. The van der Waals surface area contributed by atoms with Crippen molar-refractivity contribution in [2.45, 2.75) is 13.5 Å². The molecule has 0 radical (unpaired) electrons. The molecule has 0 bridgehead atoms. The summed E-state index contributed by atoms with van der Waals surface area (Å²) in [5, 5.41) is 4.02. The minimum Gasteiger partial charge on any atom is -0.260 e. The highest BCUT2D eigenvalue weighted by Gasteiger charge is 1.89. The summed E-state index contributed by atoms with van der Waals surface area (Å²) in [7, 11) is 0. The lowest BCUT2D eigenvalue weighted by atomic mass is 10.6. The van der Waals surface area contributed by atoms with E-state index in [0.29, 0.717) is 6.54 Å². The molecule has 0 spiro atoms. The molecule has 1 aromatic rings. The van der Waals surface area contributed by atoms with Gasteiger partial charge in [0.25, 0.3) is 0 Å². The van der Waals surface area contributed by atoms with Crippen LogP contribution in [0.1, 0.15) is 6.92 Å². The normalized spacial score (nSPS) is 8.60. The molecule has 0 aliphatic rings. The molecule has 0 fully saturated rings. The first kappa shape index (κ1) is 7.36. The van der Waals surface area contributed by atoms with Gasteiger partial charge in [0.15, 0.2) is 0 Å². The van der Waals surface area contributed by atoms with E-state index in [1.807, 2.05) is 13.1 Å². The SMILES string of the molecule is CC#CCn1cc(Br)cn1. The zero-order valence-electron chi connectivity index (χ0n) is 5.63. The molecule has 1 aromatic heterocycles. The number of nitrogens with zero attached hydrogens (tertiary/aromatic N) is 2. The molecule has 0 N–H and O–H groups in total. The van der Waals surface area contributed by atoms with Crippen LogP contribution in [0.15, 0.2) is 16.9 Å². The maximum absolute atomic E-state index is 4.02. The summed E-state index contributed by atoms with van der Waals surface area (Å²) in [6, 6.07) is 0. The first-order chi connectivity index (χ1) is 4.83. The van der Waals surface area contributed by atoms with Crippen LogP contribution >= 0.6 is 15.9 Å². The lowest BCUT2D eigenvalue weighted by Gasteiger charge is -1.88. The standard InChI is InChI=1S/C7H7BrN2/c1-2-3-4-10-6-7(8)5-9-10/h5-6H,4H2,1H3. The Morgan fingerprint density at radius 2 is 2.60 bits per heavy atom. The second kappa shape index (κ2) is 3.43. The Balaban J connectivity index is 2.64. The fourth-order valence-electron chi connectivity index (χ4n) is 0.585. The maximum Gasteiger partial charge on any atom is 0.102 e. The zero-order valence-corrected chi connectivity index (χ0v) is 7.22. The maximum atomic E-state index is 4.02. The van der Waals surface area contributed by atoms with Gasteiger partial charge in [-0.2, -0.15) is 5.10 Å². The van der Waals surface area contributed by atoms with Crippen LogP contribution in [0.25, 0.3) is 0 Å². The first-order valence-electron chi connectivity index (χ1n) is 2.90. The third-order valence-electron chi connectivity index (χ3n) is 1.02. The van der Waals surface area contributed by atoms with Gasteiger partial charge >= 0.3 is 0 Å². The van der Waals surface area contributed by atoms with Crippen LogP contribution in [0.4, 0.5) is 0 Å². The average Bonchev–Trinajstić information content (AvgIpc) is 2.31. The number of aromatic nitrogens is 2. The molecular weight excluding hydrogens is 192 g/mol. The van der Waals surface area contributed by atoms with E-state index in [1.165, 1.54) is 0 Å². The van der Waals surface area contributed by atoms with Gasteiger partial charge in [-0.15, -0.1) is 5.92 Å². The number of rotatable bonds is 1. The van der Waals surface area contributed by atoms with E-state index in [4.69, 9.17) is 0 Å². The van der Waals surface area contributed by atoms with Gasteiger partial charge in [-0.1, -0.05) is 5.92 Å². The minimum absolute atomic E-state index is 0.669. The zero-order chi connectivity index (χ0) is 7.40. The Hall–Kier alpha value is -0.750. The monoisotopic (exact) mass is 198 g/mol. The van der Waals surface area contributed by atoms with E-state index in [1.54, 1.807) is 10.9 Å². The summed E-state index contributed by atoms with van der Waals surface area (Å²) in [4.78, 5) is 0. The van der Waals surface area contributed by atoms with Crippen LogP contribution < -0.4 is 0 Å². The molecule has 0 saturated heterocycles. The molecule has 10 heavy (non-hydrogen) atoms. The molecule has 0 aromatic carbocycles. The van der Waals surface area contributed by atoms with Crippen molar-refractivity contribution in [1.29, 1.82) is 0 Å². The third kappa shape index (κ3) is 1.89. The van der Waals surface area contributed by atoms with Crippen molar-refractivity contribution in [3.63, 3.8) is 0 Å². The van der Waals surface area contributed by atoms with Gasteiger partial charge in [0.2, 0.25) is 0 Å². The van der Waals surface area contributed by atoms with Crippen LogP contribution in [-0.2, 0) is 6.54 Å². The van der Waals surface area contributed by atoms with E-state index in [9.17, 15) is 0 Å². The van der Waals surface area contributed by atoms with Gasteiger partial charge in [-0.05, 0) is 22.9 Å². The van der Waals surface area contributed by atoms with Crippen molar-refractivity contribution in [2.24, 2.45) is 0 Å². The van der Waals surface area contributed by atoms with Crippen LogP contribution in [0.5, 0.6) is 0 Å². The van der Waals surface area contributed by atoms with Gasteiger partial charge in [0.05, 0.1) is 10.7 Å². The molecular formula is C7H7BrN2. The van der Waals surface area contributed by atoms with E-state index >= 15 is 0 Å². The molecule has 0 atom stereocenters. The predicted octanol–water partition coefficient (Wildman–Crippen LogP) is 1.67. The van der Waals surface area contributed by atoms with Crippen molar-refractivity contribution < 1.29 is 0 Å². The van der Waals surface area contributed by atoms with Crippen LogP contribution in [-0.4, -0.2) is 9.78 Å². The quantitative estimate of drug-likeness (QED) is 0.629. The Kier molecular flexibility index (Phi) is 2.52. The fraction of sp³-hybridized carbons (Fsp3) is 0.286. The molecule has 52 valence electrons. The Labute approximate surface area is 68.4 Å². The molecule has 0 amide bonds. The summed E-state index contributed by atoms with van der Waals surface area (Å²) >= 11 is 3.29. The van der Waals surface area contributed by atoms with E-state index in [0.717, 1.165) is 4.47 Å². The topological polar surface area (TPSA) is 17.8 Å². The Morgan fingerprint density at radius 3 is 3.10 bits per heavy atom. The Morgan fingerprint density at radius 1 is 1.80 bits per heavy atom. The summed E-state index contributed by atoms with van der Waals surface area (Å²) in [6.45, 7) is 2.49. The molecule has 1 heterocycles. The molecule has 0 unspecified atom stereocenters. The summed E-state index contributed by atoms with van der Waals surface area (Å²) < 4.78 is 2.77. The van der Waals surface area contributed by atoms with Crippen LogP contribution in [0, 0.1) is 11.8 Å². The van der Waals surface area contributed by atoms with Gasteiger partial charge in [0, 0.05) is 6.20 Å². The lowest BCUT2D eigenvalue weighted by Crippen LogP contribution is -1.94. The van der Waals surface area contributed by atoms with Crippen LogP contribution in [0.3, 0.4) is 0 Å². The lowest BCUT2D eigenvalue weighted by molar-refractivity contribution is 0.715. The third-order valence-corrected chi connectivity index (χ3v) is 1.43. The molecule has 3 heteroatoms. The smallest absolute Gasteiger partial charge is 0.102 e. The molecule has 1 rings (SSSR count). The van der Waals surface area contributed by atoms with Crippen molar-refractivity contribution in [1.82, 2.24) is 9.78 Å². The van der Waals surface area contributed by atoms with Gasteiger partial charge < -0.3 is 0 Å². The van der Waals surface area contributed by atoms with Crippen molar-refractivity contribution in [3.8, 4) is 11.8 Å². The van der Waals surface area contributed by atoms with Gasteiger partial charge in [-0.3, -0.25) is 4.68 Å². The van der Waals surface area contributed by atoms with Crippen molar-refractivity contribution in [2.75, 3.05) is 0 Å². The van der Waals surface area contributed by atoms with E-state index in [2.05, 4.69) is 32.9 Å². The largest absolute Gasteiger partial charge is 0.260 e. The highest BCUT2D eigenvalue weighted by atomic mass is 79.9. The summed E-state index contributed by atoms with van der Waals surface area (Å²) in [5.74, 6) is 5.71. The summed E-state index contributed by atoms with van der Waals surface area (Å²) in [6.07, 6.45) is 3.64. The van der Waals surface area contributed by atoms with Gasteiger partial charge in [0.1, 0.15) is 6.54 Å². The molecule has 0 aliphatic carbocycles. The van der Waals surface area contributed by atoms with Crippen molar-refractivity contribution in [3.05, 3.63) is 16.9 Å². The van der Waals surface area contributed by atoms with E-state index in [-0.39, 0.29) is 0 Å². The van der Waals surface area contributed by atoms with Gasteiger partial charge in [-0.25, -0.2) is 0 Å². The predicted molar refractivity (Wildman–Crippen MR) is 43.4 cm³/mol. The second-order valence-corrected chi connectivity index (χ2v) is 2.70.